The molecule has 23 heavy (non-hydrogen) atoms. The van der Waals surface area contributed by atoms with Crippen LogP contribution in [-0.4, -0.2) is 79.2 Å². The van der Waals surface area contributed by atoms with Gasteiger partial charge in [0.05, 0.1) is 18.8 Å². The first kappa shape index (κ1) is 16.4. The highest BCUT2D eigenvalue weighted by atomic mass is 16.5. The summed E-state index contributed by atoms with van der Waals surface area (Å²) in [5.74, 6) is 0.0967. The van der Waals surface area contributed by atoms with Crippen LogP contribution in [-0.2, 0) is 4.74 Å². The quantitative estimate of drug-likeness (QED) is 0.858. The fourth-order valence-corrected chi connectivity index (χ4v) is 3.19. The second-order valence-electron chi connectivity index (χ2n) is 6.29. The molecule has 3 heterocycles. The molecule has 2 fully saturated rings. The lowest BCUT2D eigenvalue weighted by molar-refractivity contribution is 0.0301. The number of hydrogen-bond acceptors (Lipinski definition) is 5. The second-order valence-corrected chi connectivity index (χ2v) is 6.29. The third-order valence-corrected chi connectivity index (χ3v) is 4.66. The van der Waals surface area contributed by atoms with Crippen molar-refractivity contribution >= 4 is 5.91 Å². The molecule has 0 aromatic carbocycles. The van der Waals surface area contributed by atoms with Gasteiger partial charge in [0.2, 0.25) is 0 Å². The van der Waals surface area contributed by atoms with Crippen LogP contribution >= 0.6 is 0 Å². The number of rotatable bonds is 5. The van der Waals surface area contributed by atoms with E-state index in [4.69, 9.17) is 4.74 Å². The van der Waals surface area contributed by atoms with Gasteiger partial charge in [-0.1, -0.05) is 0 Å². The van der Waals surface area contributed by atoms with E-state index in [1.54, 1.807) is 6.20 Å². The van der Waals surface area contributed by atoms with Crippen LogP contribution in [0.1, 0.15) is 22.5 Å². The smallest absolute Gasteiger partial charge is 0.255 e. The predicted octanol–water partition coefficient (Wildman–Crippen LogP) is 0.526. The van der Waals surface area contributed by atoms with Gasteiger partial charge >= 0.3 is 0 Å². The van der Waals surface area contributed by atoms with Gasteiger partial charge < -0.3 is 15.0 Å². The lowest BCUT2D eigenvalue weighted by Crippen LogP contribution is -2.47. The number of hydrogen-bond donors (Lipinski definition) is 1. The Kier molecular flexibility index (Phi) is 5.59. The highest BCUT2D eigenvalue weighted by molar-refractivity contribution is 5.94. The van der Waals surface area contributed by atoms with Crippen LogP contribution in [0.25, 0.3) is 0 Å². The van der Waals surface area contributed by atoms with Gasteiger partial charge in [-0.25, -0.2) is 0 Å². The number of carbonyl (C=O) groups is 1. The molecule has 3 rings (SSSR count). The van der Waals surface area contributed by atoms with Gasteiger partial charge in [0.15, 0.2) is 0 Å². The number of aromatic nitrogens is 1. The topological polar surface area (TPSA) is 57.7 Å². The average molecular weight is 318 g/mol. The van der Waals surface area contributed by atoms with E-state index in [0.717, 1.165) is 64.6 Å². The minimum atomic E-state index is 0.0967. The normalized spacial score (nSPS) is 22.2. The number of carbonyl (C=O) groups excluding carboxylic acids is 1. The predicted molar refractivity (Wildman–Crippen MR) is 88.5 cm³/mol. The molecule has 0 radical (unpaired) electrons. The molecule has 0 bridgehead atoms. The molecular formula is C17H26N4O2. The molecule has 0 spiro atoms. The fourth-order valence-electron chi connectivity index (χ4n) is 3.19. The summed E-state index contributed by atoms with van der Waals surface area (Å²) in [5, 5.41) is 3.36. The Morgan fingerprint density at radius 3 is 2.91 bits per heavy atom. The van der Waals surface area contributed by atoms with E-state index in [0.29, 0.717) is 5.56 Å². The Morgan fingerprint density at radius 1 is 1.43 bits per heavy atom. The van der Waals surface area contributed by atoms with Gasteiger partial charge in [-0.05, 0) is 32.0 Å². The molecule has 1 N–H and O–H groups in total. The van der Waals surface area contributed by atoms with E-state index in [1.807, 2.05) is 24.0 Å². The van der Waals surface area contributed by atoms with E-state index in [9.17, 15) is 4.79 Å². The largest absolute Gasteiger partial charge is 0.379 e. The van der Waals surface area contributed by atoms with E-state index < -0.39 is 0 Å². The van der Waals surface area contributed by atoms with Gasteiger partial charge in [-0.2, -0.15) is 0 Å². The first-order valence-electron chi connectivity index (χ1n) is 8.48. The van der Waals surface area contributed by atoms with Gasteiger partial charge in [0.1, 0.15) is 0 Å². The summed E-state index contributed by atoms with van der Waals surface area (Å²) in [7, 11) is 0. The minimum absolute atomic E-state index is 0.0967. The molecule has 6 heteroatoms. The van der Waals surface area contributed by atoms with Crippen LogP contribution < -0.4 is 5.32 Å². The minimum Gasteiger partial charge on any atom is -0.379 e. The third-order valence-electron chi connectivity index (χ3n) is 4.66. The fraction of sp³-hybridized carbons (Fsp3) is 0.647. The van der Waals surface area contributed by atoms with Gasteiger partial charge in [0, 0.05) is 50.7 Å². The van der Waals surface area contributed by atoms with E-state index in [1.165, 1.54) is 0 Å². The Labute approximate surface area is 137 Å². The molecular weight excluding hydrogens is 292 g/mol. The molecule has 1 aromatic heterocycles. The Bertz CT molecular complexity index is 508. The molecule has 2 aliphatic rings. The first-order valence-corrected chi connectivity index (χ1v) is 8.48. The molecule has 126 valence electrons. The summed E-state index contributed by atoms with van der Waals surface area (Å²) in [4.78, 5) is 21.6. The summed E-state index contributed by atoms with van der Waals surface area (Å²) in [6.07, 6.45) is 2.72. The zero-order valence-electron chi connectivity index (χ0n) is 13.8. The molecule has 0 saturated carbocycles. The van der Waals surface area contributed by atoms with Crippen LogP contribution in [0.5, 0.6) is 0 Å². The molecule has 1 amide bonds. The zero-order valence-corrected chi connectivity index (χ0v) is 13.8. The van der Waals surface area contributed by atoms with Crippen molar-refractivity contribution < 1.29 is 9.53 Å². The van der Waals surface area contributed by atoms with Crippen molar-refractivity contribution in [3.05, 3.63) is 29.6 Å². The van der Waals surface area contributed by atoms with Gasteiger partial charge in [0.25, 0.3) is 5.91 Å². The number of amides is 1. The number of aryl methyl sites for hydroxylation is 1. The van der Waals surface area contributed by atoms with Gasteiger partial charge in [-0.3, -0.25) is 14.7 Å². The van der Waals surface area contributed by atoms with Crippen molar-refractivity contribution in [3.63, 3.8) is 0 Å². The van der Waals surface area contributed by atoms with Crippen LogP contribution in [0.2, 0.25) is 0 Å². The molecule has 1 aromatic rings. The monoisotopic (exact) mass is 318 g/mol. The van der Waals surface area contributed by atoms with E-state index in [-0.39, 0.29) is 11.9 Å². The standard InChI is InChI=1S/C17H26N4O2/c1-14-2-3-15(12-19-14)17(22)21(16-4-5-18-13-16)7-6-20-8-10-23-11-9-20/h2-3,12,16,18H,4-11,13H2,1H3. The van der Waals surface area contributed by atoms with Crippen molar-refractivity contribution in [2.75, 3.05) is 52.5 Å². The Balaban J connectivity index is 1.66. The lowest BCUT2D eigenvalue weighted by Gasteiger charge is -2.33. The maximum atomic E-state index is 12.9. The number of morpholine rings is 1. The van der Waals surface area contributed by atoms with Gasteiger partial charge in [-0.15, -0.1) is 0 Å². The summed E-state index contributed by atoms with van der Waals surface area (Å²) >= 11 is 0. The highest BCUT2D eigenvalue weighted by Gasteiger charge is 2.28. The maximum Gasteiger partial charge on any atom is 0.255 e. The summed E-state index contributed by atoms with van der Waals surface area (Å²) in [6.45, 7) is 8.97. The first-order chi connectivity index (χ1) is 11.2. The van der Waals surface area contributed by atoms with Crippen LogP contribution in [0.4, 0.5) is 0 Å². The van der Waals surface area contributed by atoms with Crippen molar-refractivity contribution in [2.24, 2.45) is 0 Å². The zero-order chi connectivity index (χ0) is 16.1. The summed E-state index contributed by atoms with van der Waals surface area (Å²) < 4.78 is 5.39. The van der Waals surface area contributed by atoms with Crippen LogP contribution in [0.3, 0.4) is 0 Å². The van der Waals surface area contributed by atoms with Crippen molar-refractivity contribution in [1.29, 1.82) is 0 Å². The molecule has 6 nitrogen and oxygen atoms in total. The van der Waals surface area contributed by atoms with Crippen molar-refractivity contribution in [2.45, 2.75) is 19.4 Å². The molecule has 1 atom stereocenters. The van der Waals surface area contributed by atoms with E-state index >= 15 is 0 Å². The van der Waals surface area contributed by atoms with E-state index in [2.05, 4.69) is 15.2 Å². The Hall–Kier alpha value is -1.50. The molecule has 2 saturated heterocycles. The SMILES string of the molecule is Cc1ccc(C(=O)N(CCN2CCOCC2)C2CCNC2)cn1. The van der Waals surface area contributed by atoms with Crippen molar-refractivity contribution in [3.8, 4) is 0 Å². The molecule has 0 aliphatic carbocycles. The highest BCUT2D eigenvalue weighted by Crippen LogP contribution is 2.14. The average Bonchev–Trinajstić information content (AvgIpc) is 3.11. The lowest BCUT2D eigenvalue weighted by atomic mass is 10.1. The number of nitrogens with one attached hydrogen (secondary N) is 1. The number of ether oxygens (including phenoxy) is 1. The number of pyridine rings is 1. The summed E-state index contributed by atoms with van der Waals surface area (Å²) in [5.41, 5.74) is 1.62. The molecule has 1 unspecified atom stereocenters. The molecule has 2 aliphatic heterocycles. The summed E-state index contributed by atoms with van der Waals surface area (Å²) in [6, 6.07) is 4.07. The number of nitrogens with zero attached hydrogens (tertiary/aromatic N) is 3. The Morgan fingerprint density at radius 2 is 2.26 bits per heavy atom. The van der Waals surface area contributed by atoms with Crippen LogP contribution in [0, 0.1) is 6.92 Å². The van der Waals surface area contributed by atoms with Crippen LogP contribution in [0.15, 0.2) is 18.3 Å². The maximum absolute atomic E-state index is 12.9. The second kappa shape index (κ2) is 7.86. The third kappa shape index (κ3) is 4.28. The van der Waals surface area contributed by atoms with Crippen molar-refractivity contribution in [1.82, 2.24) is 20.1 Å².